The number of nitrogens with one attached hydrogen (secondary N) is 2. The quantitative estimate of drug-likeness (QED) is 0.574. The van der Waals surface area contributed by atoms with Crippen LogP contribution in [0.5, 0.6) is 0 Å². The predicted molar refractivity (Wildman–Crippen MR) is 106 cm³/mol. The van der Waals surface area contributed by atoms with Crippen LogP contribution in [0.15, 0.2) is 54.7 Å². The second-order valence-electron chi connectivity index (χ2n) is 7.27. The van der Waals surface area contributed by atoms with E-state index in [2.05, 4.69) is 17.2 Å². The van der Waals surface area contributed by atoms with E-state index in [0.717, 1.165) is 11.6 Å². The molecular weight excluding hydrogens is 365 g/mol. The van der Waals surface area contributed by atoms with Crippen molar-refractivity contribution in [1.82, 2.24) is 5.32 Å². The van der Waals surface area contributed by atoms with Crippen molar-refractivity contribution in [3.8, 4) is 0 Å². The van der Waals surface area contributed by atoms with Crippen LogP contribution in [0.25, 0.3) is 0 Å². The van der Waals surface area contributed by atoms with Gasteiger partial charge < -0.3 is 10.6 Å². The fraction of sp³-hybridized carbons (Fsp3) is 0.318. The van der Waals surface area contributed by atoms with Gasteiger partial charge in [0.1, 0.15) is 5.67 Å². The topological polar surface area (TPSA) is 41.1 Å². The van der Waals surface area contributed by atoms with E-state index < -0.39 is 17.3 Å². The van der Waals surface area contributed by atoms with Gasteiger partial charge in [0.15, 0.2) is 11.6 Å². The minimum atomic E-state index is -1.46. The van der Waals surface area contributed by atoms with Gasteiger partial charge in [0.2, 0.25) is 6.41 Å². The van der Waals surface area contributed by atoms with Crippen molar-refractivity contribution >= 4 is 12.1 Å². The van der Waals surface area contributed by atoms with E-state index in [0.29, 0.717) is 24.2 Å². The normalized spacial score (nSPS) is 13.5. The molecule has 1 amide bonds. The maximum atomic E-state index is 14.1. The lowest BCUT2D eigenvalue weighted by Crippen LogP contribution is -2.27. The fourth-order valence-electron chi connectivity index (χ4n) is 3.02. The van der Waals surface area contributed by atoms with Gasteiger partial charge in [-0.25, -0.2) is 13.2 Å². The molecule has 0 aromatic heterocycles. The number of halogens is 3. The summed E-state index contributed by atoms with van der Waals surface area (Å²) in [4.78, 5) is 10.8. The fourth-order valence-corrected chi connectivity index (χ4v) is 3.02. The second kappa shape index (κ2) is 8.95. The highest BCUT2D eigenvalue weighted by Gasteiger charge is 2.24. The molecule has 0 heterocycles. The first-order valence-electron chi connectivity index (χ1n) is 9.01. The molecule has 2 aromatic rings. The van der Waals surface area contributed by atoms with E-state index in [4.69, 9.17) is 0 Å². The Morgan fingerprint density at radius 3 is 2.39 bits per heavy atom. The number of rotatable bonds is 9. The van der Waals surface area contributed by atoms with Gasteiger partial charge in [-0.1, -0.05) is 43.8 Å². The molecule has 0 bridgehead atoms. The van der Waals surface area contributed by atoms with Crippen LogP contribution in [0.2, 0.25) is 0 Å². The molecule has 0 aliphatic carbocycles. The summed E-state index contributed by atoms with van der Waals surface area (Å²) in [6, 6.07) is 10.9. The Balaban J connectivity index is 2.24. The summed E-state index contributed by atoms with van der Waals surface area (Å²) in [6.45, 7) is 9.11. The number of allylic oxidation sites excluding steroid dienone is 1. The van der Waals surface area contributed by atoms with Crippen LogP contribution in [-0.2, 0) is 10.5 Å². The van der Waals surface area contributed by atoms with E-state index in [1.165, 1.54) is 26.0 Å². The van der Waals surface area contributed by atoms with Gasteiger partial charge in [0, 0.05) is 24.1 Å². The lowest BCUT2D eigenvalue weighted by molar-refractivity contribution is -0.109. The minimum Gasteiger partial charge on any atom is -0.358 e. The molecule has 150 valence electrons. The minimum absolute atomic E-state index is 0.00604. The van der Waals surface area contributed by atoms with Crippen molar-refractivity contribution in [2.45, 2.75) is 32.4 Å². The molecule has 0 saturated heterocycles. The van der Waals surface area contributed by atoms with E-state index in [1.54, 1.807) is 24.3 Å². The molecule has 6 heteroatoms. The predicted octanol–water partition coefficient (Wildman–Crippen LogP) is 5.26. The first-order chi connectivity index (χ1) is 13.1. The summed E-state index contributed by atoms with van der Waals surface area (Å²) in [5, 5.41) is 5.48. The number of hydrogen-bond donors (Lipinski definition) is 2. The highest BCUT2D eigenvalue weighted by atomic mass is 19.2. The molecule has 2 unspecified atom stereocenters. The SMILES string of the molecule is C=C(Nc1cccc(F)c1F)C(C)C(CNC=O)c1ccc(C(C)(C)F)cc1. The van der Waals surface area contributed by atoms with Crippen molar-refractivity contribution in [3.63, 3.8) is 0 Å². The largest absolute Gasteiger partial charge is 0.358 e. The Kier molecular flexibility index (Phi) is 6.89. The molecule has 0 aliphatic heterocycles. The molecular formula is C22H25F3N2O. The molecule has 3 nitrogen and oxygen atoms in total. The summed E-state index contributed by atoms with van der Waals surface area (Å²) in [6.07, 6.45) is 0.598. The van der Waals surface area contributed by atoms with E-state index in [9.17, 15) is 18.0 Å². The molecule has 0 saturated carbocycles. The number of amides is 1. The van der Waals surface area contributed by atoms with Gasteiger partial charge in [-0.15, -0.1) is 0 Å². The van der Waals surface area contributed by atoms with Gasteiger partial charge in [0.05, 0.1) is 5.69 Å². The standard InChI is InChI=1S/C22H25F3N2O/c1-14(15(2)27-20-7-5-6-19(23)21(20)24)18(12-26-13-28)16-8-10-17(11-9-16)22(3,4)25/h5-11,13-14,18,27H,2,12H2,1,3-4H3,(H,26,28). The maximum Gasteiger partial charge on any atom is 0.207 e. The van der Waals surface area contributed by atoms with E-state index >= 15 is 0 Å². The summed E-state index contributed by atoms with van der Waals surface area (Å²) in [7, 11) is 0. The van der Waals surface area contributed by atoms with Crippen LogP contribution < -0.4 is 10.6 Å². The van der Waals surface area contributed by atoms with Gasteiger partial charge in [-0.2, -0.15) is 0 Å². The molecule has 2 rings (SSSR count). The van der Waals surface area contributed by atoms with Gasteiger partial charge in [0.25, 0.3) is 0 Å². The lowest BCUT2D eigenvalue weighted by atomic mass is 9.84. The van der Waals surface area contributed by atoms with E-state index in [1.807, 2.05) is 6.92 Å². The van der Waals surface area contributed by atoms with Crippen molar-refractivity contribution in [1.29, 1.82) is 0 Å². The number of benzene rings is 2. The van der Waals surface area contributed by atoms with Crippen LogP contribution in [0.3, 0.4) is 0 Å². The summed E-state index contributed by atoms with van der Waals surface area (Å²) >= 11 is 0. The Morgan fingerprint density at radius 1 is 1.18 bits per heavy atom. The third-order valence-corrected chi connectivity index (χ3v) is 4.85. The van der Waals surface area contributed by atoms with Crippen LogP contribution >= 0.6 is 0 Å². The van der Waals surface area contributed by atoms with Crippen molar-refractivity contribution < 1.29 is 18.0 Å². The molecule has 28 heavy (non-hydrogen) atoms. The third-order valence-electron chi connectivity index (χ3n) is 4.85. The first kappa shape index (κ1) is 21.5. The number of alkyl halides is 1. The molecule has 0 fully saturated rings. The molecule has 2 N–H and O–H groups in total. The lowest BCUT2D eigenvalue weighted by Gasteiger charge is -2.27. The average Bonchev–Trinajstić information content (AvgIpc) is 2.65. The second-order valence-corrected chi connectivity index (χ2v) is 7.27. The highest BCUT2D eigenvalue weighted by molar-refractivity contribution is 5.50. The molecule has 2 atom stereocenters. The van der Waals surface area contributed by atoms with Crippen molar-refractivity contribution in [2.75, 3.05) is 11.9 Å². The molecule has 2 aromatic carbocycles. The molecule has 0 radical (unpaired) electrons. The van der Waals surface area contributed by atoms with Crippen LogP contribution in [0.4, 0.5) is 18.9 Å². The Hall–Kier alpha value is -2.76. The van der Waals surface area contributed by atoms with Crippen molar-refractivity contribution in [2.24, 2.45) is 5.92 Å². The Bertz CT molecular complexity index is 829. The average molecular weight is 390 g/mol. The number of carbonyl (C=O) groups excluding carboxylic acids is 1. The summed E-state index contributed by atoms with van der Waals surface area (Å²) < 4.78 is 41.5. The van der Waals surface area contributed by atoms with Gasteiger partial charge >= 0.3 is 0 Å². The van der Waals surface area contributed by atoms with Crippen LogP contribution in [-0.4, -0.2) is 13.0 Å². The summed E-state index contributed by atoms with van der Waals surface area (Å²) in [5.41, 5.74) is 0.425. The molecule has 0 aliphatic rings. The first-order valence-corrected chi connectivity index (χ1v) is 9.01. The van der Waals surface area contributed by atoms with Crippen molar-refractivity contribution in [3.05, 3.63) is 77.5 Å². The van der Waals surface area contributed by atoms with Gasteiger partial charge in [-0.05, 0) is 37.1 Å². The Morgan fingerprint density at radius 2 is 1.82 bits per heavy atom. The number of anilines is 1. The van der Waals surface area contributed by atoms with E-state index in [-0.39, 0.29) is 17.5 Å². The molecule has 0 spiro atoms. The third kappa shape index (κ3) is 5.15. The zero-order valence-electron chi connectivity index (χ0n) is 16.2. The van der Waals surface area contributed by atoms with Crippen LogP contribution in [0.1, 0.15) is 37.8 Å². The summed E-state index contributed by atoms with van der Waals surface area (Å²) in [5.74, 6) is -2.36. The number of hydrogen-bond acceptors (Lipinski definition) is 2. The monoisotopic (exact) mass is 390 g/mol. The zero-order chi connectivity index (χ0) is 20.9. The highest BCUT2D eigenvalue weighted by Crippen LogP contribution is 2.32. The smallest absolute Gasteiger partial charge is 0.207 e. The maximum absolute atomic E-state index is 14.1. The van der Waals surface area contributed by atoms with Crippen LogP contribution in [0, 0.1) is 17.6 Å². The van der Waals surface area contributed by atoms with Gasteiger partial charge in [-0.3, -0.25) is 4.79 Å². The Labute approximate surface area is 163 Å². The zero-order valence-corrected chi connectivity index (χ0v) is 16.2. The number of carbonyl (C=O) groups is 1.